The topological polar surface area (TPSA) is 12.0 Å². The van der Waals surface area contributed by atoms with Gasteiger partial charge in [-0.2, -0.15) is 13.2 Å². The third-order valence-electron chi connectivity index (χ3n) is 3.40. The summed E-state index contributed by atoms with van der Waals surface area (Å²) in [4.78, 5) is 0. The van der Waals surface area contributed by atoms with Gasteiger partial charge < -0.3 is 5.32 Å². The molecule has 0 radical (unpaired) electrons. The molecule has 0 spiro atoms. The summed E-state index contributed by atoms with van der Waals surface area (Å²) in [5, 5.41) is 3.28. The average Bonchev–Trinajstić information content (AvgIpc) is 2.56. The first-order valence-corrected chi connectivity index (χ1v) is 6.26. The third kappa shape index (κ3) is 2.77. The first kappa shape index (κ1) is 14.0. The molecule has 0 saturated carbocycles. The summed E-state index contributed by atoms with van der Waals surface area (Å²) >= 11 is 0. The molecule has 0 atom stereocenters. The maximum absolute atomic E-state index is 12.7. The van der Waals surface area contributed by atoms with Crippen molar-refractivity contribution in [3.8, 4) is 0 Å². The van der Waals surface area contributed by atoms with Crippen molar-refractivity contribution in [2.45, 2.75) is 33.9 Å². The van der Waals surface area contributed by atoms with Crippen LogP contribution in [-0.2, 0) is 6.18 Å². The summed E-state index contributed by atoms with van der Waals surface area (Å²) in [6, 6.07) is 2.44. The minimum absolute atomic E-state index is 0.0386. The summed E-state index contributed by atoms with van der Waals surface area (Å²) in [6.45, 7) is 8.46. The molecule has 1 aliphatic rings. The van der Waals surface area contributed by atoms with Gasteiger partial charge in [0.1, 0.15) is 0 Å². The van der Waals surface area contributed by atoms with Gasteiger partial charge in [-0.15, -0.1) is 0 Å². The van der Waals surface area contributed by atoms with Crippen molar-refractivity contribution in [3.05, 3.63) is 40.5 Å². The van der Waals surface area contributed by atoms with Crippen molar-refractivity contribution in [1.82, 2.24) is 5.32 Å². The molecule has 1 aromatic carbocycles. The molecule has 104 valence electrons. The molecule has 1 nitrogen and oxygen atoms in total. The highest BCUT2D eigenvalue weighted by molar-refractivity contribution is 5.72. The Morgan fingerprint density at radius 3 is 2.00 bits per heavy atom. The van der Waals surface area contributed by atoms with Gasteiger partial charge in [0.2, 0.25) is 0 Å². The summed E-state index contributed by atoms with van der Waals surface area (Å²) < 4.78 is 38.2. The van der Waals surface area contributed by atoms with Crippen LogP contribution < -0.4 is 5.32 Å². The normalized spacial score (nSPS) is 18.2. The molecule has 0 aliphatic carbocycles. The molecule has 1 N–H and O–H groups in total. The minimum Gasteiger partial charge on any atom is -0.384 e. The predicted molar refractivity (Wildman–Crippen MR) is 70.7 cm³/mol. The molecule has 0 unspecified atom stereocenters. The lowest BCUT2D eigenvalue weighted by atomic mass is 9.92. The predicted octanol–water partition coefficient (Wildman–Crippen LogP) is 4.29. The maximum atomic E-state index is 12.7. The maximum Gasteiger partial charge on any atom is 0.416 e. The molecule has 2 rings (SSSR count). The monoisotopic (exact) mass is 269 g/mol. The molecule has 0 fully saturated rings. The van der Waals surface area contributed by atoms with Crippen LogP contribution in [0.15, 0.2) is 18.2 Å². The van der Waals surface area contributed by atoms with E-state index in [0.717, 1.165) is 17.8 Å². The lowest BCUT2D eigenvalue weighted by Crippen LogP contribution is -2.18. The fourth-order valence-electron chi connectivity index (χ4n) is 2.53. The standard InChI is InChI=1S/C15H18F3N/c1-9-5-11(15(16,17)18)6-10(2)13(9)12-7-14(3,4)8-19-12/h5-7,19H,8H2,1-4H3. The number of benzene rings is 1. The van der Waals surface area contributed by atoms with E-state index in [0.29, 0.717) is 11.1 Å². The second-order valence-electron chi connectivity index (χ2n) is 5.88. The van der Waals surface area contributed by atoms with Gasteiger partial charge in [-0.25, -0.2) is 0 Å². The zero-order valence-electron chi connectivity index (χ0n) is 11.6. The number of halogens is 3. The fraction of sp³-hybridized carbons (Fsp3) is 0.467. The number of nitrogens with one attached hydrogen (secondary N) is 1. The molecule has 19 heavy (non-hydrogen) atoms. The van der Waals surface area contributed by atoms with Crippen LogP contribution in [0.25, 0.3) is 5.70 Å². The van der Waals surface area contributed by atoms with Gasteiger partial charge in [-0.3, -0.25) is 0 Å². The van der Waals surface area contributed by atoms with Crippen LogP contribution in [-0.4, -0.2) is 6.54 Å². The van der Waals surface area contributed by atoms with Gasteiger partial charge in [0.15, 0.2) is 0 Å². The Balaban J connectivity index is 2.50. The molecular formula is C15H18F3N. The summed E-state index contributed by atoms with van der Waals surface area (Å²) in [5.74, 6) is 0. The van der Waals surface area contributed by atoms with E-state index in [1.165, 1.54) is 12.1 Å². The largest absolute Gasteiger partial charge is 0.416 e. The highest BCUT2D eigenvalue weighted by atomic mass is 19.4. The van der Waals surface area contributed by atoms with Crippen molar-refractivity contribution in [2.75, 3.05) is 6.54 Å². The van der Waals surface area contributed by atoms with Crippen LogP contribution in [0.4, 0.5) is 13.2 Å². The minimum atomic E-state index is -4.29. The van der Waals surface area contributed by atoms with E-state index < -0.39 is 11.7 Å². The van der Waals surface area contributed by atoms with E-state index in [9.17, 15) is 13.2 Å². The Kier molecular flexibility index (Phi) is 3.15. The first-order chi connectivity index (χ1) is 8.60. The van der Waals surface area contributed by atoms with Crippen LogP contribution in [0.2, 0.25) is 0 Å². The van der Waals surface area contributed by atoms with E-state index in [2.05, 4.69) is 25.2 Å². The molecule has 0 amide bonds. The number of hydrogen-bond acceptors (Lipinski definition) is 1. The number of hydrogen-bond donors (Lipinski definition) is 1. The SMILES string of the molecule is Cc1cc(C(F)(F)F)cc(C)c1C1=CC(C)(C)CN1. The molecule has 0 aromatic heterocycles. The van der Waals surface area contributed by atoms with Crippen molar-refractivity contribution < 1.29 is 13.2 Å². The number of alkyl halides is 3. The van der Waals surface area contributed by atoms with Gasteiger partial charge in [-0.05, 0) is 37.1 Å². The molecule has 1 aliphatic heterocycles. The zero-order valence-corrected chi connectivity index (χ0v) is 11.6. The average molecular weight is 269 g/mol. The van der Waals surface area contributed by atoms with Crippen molar-refractivity contribution in [1.29, 1.82) is 0 Å². The second kappa shape index (κ2) is 4.29. The number of aryl methyl sites for hydroxylation is 2. The smallest absolute Gasteiger partial charge is 0.384 e. The molecule has 0 bridgehead atoms. The highest BCUT2D eigenvalue weighted by Gasteiger charge is 2.32. The van der Waals surface area contributed by atoms with Crippen LogP contribution >= 0.6 is 0 Å². The molecule has 1 aromatic rings. The van der Waals surface area contributed by atoms with Gasteiger partial charge in [0.05, 0.1) is 5.56 Å². The highest BCUT2D eigenvalue weighted by Crippen LogP contribution is 2.36. The van der Waals surface area contributed by atoms with E-state index in [1.807, 2.05) is 0 Å². The quantitative estimate of drug-likeness (QED) is 0.801. The first-order valence-electron chi connectivity index (χ1n) is 6.26. The summed E-state index contributed by atoms with van der Waals surface area (Å²) in [6.07, 6.45) is -2.19. The lowest BCUT2D eigenvalue weighted by Gasteiger charge is -2.15. The Bertz CT molecular complexity index is 516. The van der Waals surface area contributed by atoms with Crippen molar-refractivity contribution in [2.24, 2.45) is 5.41 Å². The molecule has 0 saturated heterocycles. The van der Waals surface area contributed by atoms with Gasteiger partial charge in [0, 0.05) is 23.2 Å². The Hall–Kier alpha value is -1.45. The molecule has 1 heterocycles. The van der Waals surface area contributed by atoms with E-state index in [-0.39, 0.29) is 5.41 Å². The van der Waals surface area contributed by atoms with E-state index in [4.69, 9.17) is 0 Å². The molecule has 4 heteroatoms. The van der Waals surface area contributed by atoms with Gasteiger partial charge in [-0.1, -0.05) is 19.9 Å². The number of rotatable bonds is 1. The Morgan fingerprint density at radius 1 is 1.11 bits per heavy atom. The van der Waals surface area contributed by atoms with Gasteiger partial charge >= 0.3 is 6.18 Å². The second-order valence-corrected chi connectivity index (χ2v) is 5.88. The zero-order chi connectivity index (χ0) is 14.4. The lowest BCUT2D eigenvalue weighted by molar-refractivity contribution is -0.137. The van der Waals surface area contributed by atoms with Crippen LogP contribution in [0.3, 0.4) is 0 Å². The van der Waals surface area contributed by atoms with Gasteiger partial charge in [0.25, 0.3) is 0 Å². The Morgan fingerprint density at radius 2 is 1.63 bits per heavy atom. The Labute approximate surface area is 111 Å². The van der Waals surface area contributed by atoms with Crippen molar-refractivity contribution >= 4 is 5.70 Å². The van der Waals surface area contributed by atoms with Crippen LogP contribution in [0.5, 0.6) is 0 Å². The van der Waals surface area contributed by atoms with E-state index >= 15 is 0 Å². The van der Waals surface area contributed by atoms with Crippen LogP contribution in [0, 0.1) is 19.3 Å². The van der Waals surface area contributed by atoms with Crippen LogP contribution in [0.1, 0.15) is 36.1 Å². The third-order valence-corrected chi connectivity index (χ3v) is 3.40. The van der Waals surface area contributed by atoms with E-state index in [1.54, 1.807) is 13.8 Å². The fourth-order valence-corrected chi connectivity index (χ4v) is 2.53. The van der Waals surface area contributed by atoms with Crippen molar-refractivity contribution in [3.63, 3.8) is 0 Å². The molecular weight excluding hydrogens is 251 g/mol. The summed E-state index contributed by atoms with van der Waals surface area (Å²) in [7, 11) is 0. The summed E-state index contributed by atoms with van der Waals surface area (Å²) in [5.41, 5.74) is 2.60.